The number of allylic oxidation sites excluding steroid dienone is 1. The Hall–Kier alpha value is -1.47. The van der Waals surface area contributed by atoms with Gasteiger partial charge in [0, 0.05) is 12.3 Å². The van der Waals surface area contributed by atoms with E-state index < -0.39 is 0 Å². The first-order valence-electron chi connectivity index (χ1n) is 4.72. The van der Waals surface area contributed by atoms with Gasteiger partial charge in [-0.2, -0.15) is 17.0 Å². The first-order valence-corrected chi connectivity index (χ1v) is 5.68. The van der Waals surface area contributed by atoms with Crippen LogP contribution in [0.4, 0.5) is 0 Å². The third-order valence-electron chi connectivity index (χ3n) is 2.42. The third-order valence-corrected chi connectivity index (χ3v) is 3.51. The summed E-state index contributed by atoms with van der Waals surface area (Å²) in [6, 6.07) is 1.46. The van der Waals surface area contributed by atoms with E-state index in [0.717, 1.165) is 27.9 Å². The first-order chi connectivity index (χ1) is 7.15. The molecule has 1 aromatic rings. The van der Waals surface area contributed by atoms with Crippen LogP contribution in [-0.4, -0.2) is 4.57 Å². The van der Waals surface area contributed by atoms with E-state index in [1.54, 1.807) is 0 Å². The summed E-state index contributed by atoms with van der Waals surface area (Å²) in [5.41, 5.74) is 1.79. The Bertz CT molecular complexity index is 534. The second-order valence-corrected chi connectivity index (χ2v) is 4.66. The van der Waals surface area contributed by atoms with Gasteiger partial charge in [0.05, 0.1) is 10.6 Å². The highest BCUT2D eigenvalue weighted by Crippen LogP contribution is 2.38. The minimum Gasteiger partial charge on any atom is -0.289 e. The second-order valence-electron chi connectivity index (χ2n) is 3.72. The lowest BCUT2D eigenvalue weighted by Gasteiger charge is -2.08. The standard InChI is InChI=1S/C11H11N2OS/c1-7(2)8-5-15-11-10(8)9(14)3-4-13(11)6-12/h3-5,7,15H,1-2H3. The van der Waals surface area contributed by atoms with Gasteiger partial charge in [-0.25, -0.2) is 4.57 Å². The predicted molar refractivity (Wildman–Crippen MR) is 61.8 cm³/mol. The summed E-state index contributed by atoms with van der Waals surface area (Å²) in [7, 11) is 0. The monoisotopic (exact) mass is 219 g/mol. The van der Waals surface area contributed by atoms with Gasteiger partial charge in [-0.3, -0.25) is 4.79 Å². The molecule has 3 nitrogen and oxygen atoms in total. The molecule has 1 aliphatic heterocycles. The Morgan fingerprint density at radius 2 is 2.27 bits per heavy atom. The fraction of sp³-hybridized carbons (Fsp3) is 0.273. The van der Waals surface area contributed by atoms with Crippen molar-refractivity contribution in [3.63, 3.8) is 0 Å². The van der Waals surface area contributed by atoms with Crippen LogP contribution in [0.3, 0.4) is 0 Å². The number of hydrogen-bond donors (Lipinski definition) is 1. The summed E-state index contributed by atoms with van der Waals surface area (Å²) in [5.74, 6) is 0.320. The summed E-state index contributed by atoms with van der Waals surface area (Å²) in [6.45, 7) is 4.11. The van der Waals surface area contributed by atoms with Crippen molar-refractivity contribution in [2.45, 2.75) is 18.9 Å². The minimum atomic E-state index is 0.0152. The van der Waals surface area contributed by atoms with Crippen LogP contribution in [-0.2, 0) is 0 Å². The summed E-state index contributed by atoms with van der Waals surface area (Å²) in [5, 5.41) is 11.7. The van der Waals surface area contributed by atoms with Crippen molar-refractivity contribution in [3.05, 3.63) is 33.5 Å². The maximum Gasteiger partial charge on any atom is 0.190 e. The average molecular weight is 219 g/mol. The molecular formula is C11H11N2OS. The summed E-state index contributed by atoms with van der Waals surface area (Å²) < 4.78 is 1.46. The molecule has 4 heteroatoms. The van der Waals surface area contributed by atoms with E-state index in [9.17, 15) is 4.79 Å². The highest BCUT2D eigenvalue weighted by atomic mass is 32.2. The molecule has 2 heterocycles. The molecule has 77 valence electrons. The first kappa shape index (κ1) is 10.1. The smallest absolute Gasteiger partial charge is 0.190 e. The number of aromatic nitrogens is 1. The van der Waals surface area contributed by atoms with Crippen LogP contribution in [0.2, 0.25) is 0 Å². The number of fused-ring (bicyclic) bond motifs is 1. The van der Waals surface area contributed by atoms with E-state index in [-0.39, 0.29) is 5.43 Å². The van der Waals surface area contributed by atoms with Crippen LogP contribution in [0.5, 0.6) is 0 Å². The molecule has 0 saturated carbocycles. The molecule has 1 radical (unpaired) electrons. The second kappa shape index (κ2) is 3.59. The largest absolute Gasteiger partial charge is 0.289 e. The number of nitrogens with zero attached hydrogens (tertiary/aromatic N) is 2. The molecule has 0 aliphatic carbocycles. The molecule has 0 N–H and O–H groups in total. The zero-order chi connectivity index (χ0) is 11.0. The summed E-state index contributed by atoms with van der Waals surface area (Å²) in [6.07, 6.45) is 3.58. The van der Waals surface area contributed by atoms with Crippen molar-refractivity contribution in [3.8, 4) is 6.19 Å². The van der Waals surface area contributed by atoms with Crippen molar-refractivity contribution >= 4 is 17.3 Å². The van der Waals surface area contributed by atoms with E-state index in [1.165, 1.54) is 16.8 Å². The van der Waals surface area contributed by atoms with Gasteiger partial charge in [0.1, 0.15) is 0 Å². The van der Waals surface area contributed by atoms with Crippen LogP contribution < -0.4 is 5.43 Å². The highest BCUT2D eigenvalue weighted by Gasteiger charge is 2.21. The molecule has 1 aliphatic rings. The molecule has 0 unspecified atom stereocenters. The molecule has 1 aromatic heterocycles. The van der Waals surface area contributed by atoms with E-state index in [0.29, 0.717) is 5.92 Å². The number of thiol groups is 1. The molecular weight excluding hydrogens is 208 g/mol. The molecule has 15 heavy (non-hydrogen) atoms. The van der Waals surface area contributed by atoms with Crippen LogP contribution in [0.25, 0.3) is 5.57 Å². The number of rotatable bonds is 1. The van der Waals surface area contributed by atoms with E-state index in [2.05, 4.69) is 20.0 Å². The fourth-order valence-corrected chi connectivity index (χ4v) is 2.93. The summed E-state index contributed by atoms with van der Waals surface area (Å²) in [4.78, 5) is 11.7. The van der Waals surface area contributed by atoms with Gasteiger partial charge in [-0.15, -0.1) is 0 Å². The van der Waals surface area contributed by atoms with Crippen LogP contribution >= 0.6 is 11.8 Å². The van der Waals surface area contributed by atoms with Crippen LogP contribution in [0.1, 0.15) is 19.4 Å². The SMILES string of the molecule is CC(C)C1=C[SH]c2c1c(=O)ccn2C#N. The van der Waals surface area contributed by atoms with Gasteiger partial charge >= 0.3 is 0 Å². The number of pyridine rings is 1. The topological polar surface area (TPSA) is 45.8 Å². The Kier molecular flexibility index (Phi) is 2.41. The maximum atomic E-state index is 11.7. The lowest BCUT2D eigenvalue weighted by atomic mass is 9.98. The van der Waals surface area contributed by atoms with Crippen LogP contribution in [0, 0.1) is 17.4 Å². The van der Waals surface area contributed by atoms with Crippen molar-refractivity contribution in [1.82, 2.24) is 4.57 Å². The third kappa shape index (κ3) is 1.49. The quantitative estimate of drug-likeness (QED) is 0.734. The zero-order valence-corrected chi connectivity index (χ0v) is 9.45. The molecule has 0 bridgehead atoms. The van der Waals surface area contributed by atoms with Gasteiger partial charge in [-0.1, -0.05) is 13.8 Å². The van der Waals surface area contributed by atoms with Crippen molar-refractivity contribution in [2.75, 3.05) is 0 Å². The molecule has 0 spiro atoms. The van der Waals surface area contributed by atoms with Gasteiger partial charge in [0.25, 0.3) is 0 Å². The molecule has 0 atom stereocenters. The Balaban J connectivity index is 2.69. The lowest BCUT2D eigenvalue weighted by Crippen LogP contribution is -2.12. The van der Waals surface area contributed by atoms with Crippen LogP contribution in [0.15, 0.2) is 27.5 Å². The van der Waals surface area contributed by atoms with E-state index in [1.807, 2.05) is 5.41 Å². The molecule has 0 saturated heterocycles. The minimum absolute atomic E-state index is 0.0152. The normalized spacial score (nSPS) is 13.6. The van der Waals surface area contributed by atoms with Gasteiger partial charge < -0.3 is 0 Å². The fourth-order valence-electron chi connectivity index (χ4n) is 1.64. The van der Waals surface area contributed by atoms with Crippen molar-refractivity contribution in [2.24, 2.45) is 5.92 Å². The summed E-state index contributed by atoms with van der Waals surface area (Å²) >= 11 is 0.941. The van der Waals surface area contributed by atoms with E-state index in [4.69, 9.17) is 5.26 Å². The number of hydrogen-bond acceptors (Lipinski definition) is 2. The van der Waals surface area contributed by atoms with Crippen molar-refractivity contribution < 1.29 is 0 Å². The van der Waals surface area contributed by atoms with Gasteiger partial charge in [-0.05, 0) is 16.9 Å². The Morgan fingerprint density at radius 3 is 2.87 bits per heavy atom. The predicted octanol–water partition coefficient (Wildman–Crippen LogP) is 2.01. The van der Waals surface area contributed by atoms with Gasteiger partial charge in [0.2, 0.25) is 0 Å². The molecule has 0 amide bonds. The van der Waals surface area contributed by atoms with E-state index >= 15 is 0 Å². The Morgan fingerprint density at radius 1 is 1.53 bits per heavy atom. The highest BCUT2D eigenvalue weighted by molar-refractivity contribution is 8.02. The van der Waals surface area contributed by atoms with Gasteiger partial charge in [0.15, 0.2) is 11.6 Å². The van der Waals surface area contributed by atoms with Crippen molar-refractivity contribution in [1.29, 1.82) is 5.26 Å². The maximum absolute atomic E-state index is 11.7. The molecule has 0 fully saturated rings. The Labute approximate surface area is 92.0 Å². The molecule has 2 rings (SSSR count). The lowest BCUT2D eigenvalue weighted by molar-refractivity contribution is 0.839. The number of nitriles is 1. The molecule has 0 aromatic carbocycles. The average Bonchev–Trinajstić information content (AvgIpc) is 2.63. The zero-order valence-electron chi connectivity index (χ0n) is 8.56.